The van der Waals surface area contributed by atoms with Gasteiger partial charge in [-0.2, -0.15) is 4.31 Å². The van der Waals surface area contributed by atoms with Crippen LogP contribution in [0.2, 0.25) is 0 Å². The number of nitrogens with one attached hydrogen (secondary N) is 1. The summed E-state index contributed by atoms with van der Waals surface area (Å²) < 4.78 is 26.5. The van der Waals surface area contributed by atoms with Gasteiger partial charge in [-0.15, -0.1) is 0 Å². The molecule has 1 N–H and O–H groups in total. The molecule has 138 valence electrons. The van der Waals surface area contributed by atoms with Crippen LogP contribution in [0.1, 0.15) is 41.5 Å². The molecule has 0 aliphatic carbocycles. The first-order valence-electron chi connectivity index (χ1n) is 8.32. The first-order valence-corrected chi connectivity index (χ1v) is 9.76. The fraction of sp³-hybridized carbons (Fsp3) is 0.263. The molecule has 0 aliphatic rings. The van der Waals surface area contributed by atoms with Crippen molar-refractivity contribution < 1.29 is 18.0 Å². The highest BCUT2D eigenvalue weighted by Crippen LogP contribution is 2.18. The maximum absolute atomic E-state index is 12.6. The third kappa shape index (κ3) is 4.36. The molecule has 0 bridgehead atoms. The summed E-state index contributed by atoms with van der Waals surface area (Å²) in [7, 11) is -3.63. The maximum Gasteiger partial charge on any atom is 0.255 e. The maximum atomic E-state index is 12.6. The Balaban J connectivity index is 2.24. The van der Waals surface area contributed by atoms with Crippen molar-refractivity contribution in [2.75, 3.05) is 18.4 Å². The number of rotatable bonds is 7. The minimum Gasteiger partial charge on any atom is -0.322 e. The molecule has 0 aromatic heterocycles. The number of hydrogen-bond acceptors (Lipinski definition) is 4. The van der Waals surface area contributed by atoms with Gasteiger partial charge < -0.3 is 5.32 Å². The van der Waals surface area contributed by atoms with Gasteiger partial charge >= 0.3 is 0 Å². The molecular weight excluding hydrogens is 352 g/mol. The van der Waals surface area contributed by atoms with Crippen LogP contribution in [0, 0.1) is 0 Å². The van der Waals surface area contributed by atoms with Gasteiger partial charge in [-0.1, -0.05) is 19.9 Å². The highest BCUT2D eigenvalue weighted by Gasteiger charge is 2.22. The number of amides is 1. The molecule has 0 atom stereocenters. The number of nitrogens with zero attached hydrogens (tertiary/aromatic N) is 1. The second-order valence-electron chi connectivity index (χ2n) is 5.70. The van der Waals surface area contributed by atoms with Gasteiger partial charge in [0.05, 0.1) is 4.90 Å². The molecule has 0 radical (unpaired) electrons. The number of ketones is 1. The molecular formula is C19H22N2O4S. The van der Waals surface area contributed by atoms with E-state index >= 15 is 0 Å². The van der Waals surface area contributed by atoms with Crippen molar-refractivity contribution in [1.29, 1.82) is 0 Å². The number of anilines is 1. The van der Waals surface area contributed by atoms with Crippen LogP contribution in [0.4, 0.5) is 5.69 Å². The number of Topliss-reactive ketones (excluding diaryl/α,β-unsaturated/α-hetero) is 1. The van der Waals surface area contributed by atoms with Crippen LogP contribution < -0.4 is 5.32 Å². The van der Waals surface area contributed by atoms with Crippen LogP contribution in [-0.4, -0.2) is 37.5 Å². The van der Waals surface area contributed by atoms with E-state index in [2.05, 4.69) is 5.32 Å². The minimum absolute atomic E-state index is 0.0582. The topological polar surface area (TPSA) is 83.6 Å². The largest absolute Gasteiger partial charge is 0.322 e. The van der Waals surface area contributed by atoms with E-state index in [-0.39, 0.29) is 16.2 Å². The van der Waals surface area contributed by atoms with Crippen molar-refractivity contribution in [3.05, 3.63) is 59.7 Å². The summed E-state index contributed by atoms with van der Waals surface area (Å²) >= 11 is 0. The Labute approximate surface area is 153 Å². The van der Waals surface area contributed by atoms with Gasteiger partial charge in [0.1, 0.15) is 0 Å². The molecule has 0 aliphatic heterocycles. The van der Waals surface area contributed by atoms with Crippen LogP contribution in [0.3, 0.4) is 0 Å². The highest BCUT2D eigenvalue weighted by atomic mass is 32.2. The predicted molar refractivity (Wildman–Crippen MR) is 101 cm³/mol. The van der Waals surface area contributed by atoms with Gasteiger partial charge in [0.2, 0.25) is 10.0 Å². The average Bonchev–Trinajstić information content (AvgIpc) is 2.63. The van der Waals surface area contributed by atoms with E-state index < -0.39 is 15.9 Å². The number of carbonyl (C=O) groups excluding carboxylic acids is 2. The zero-order valence-corrected chi connectivity index (χ0v) is 15.8. The smallest absolute Gasteiger partial charge is 0.255 e. The minimum atomic E-state index is -3.63. The Morgan fingerprint density at radius 1 is 0.962 bits per heavy atom. The van der Waals surface area contributed by atoms with Crippen molar-refractivity contribution >= 4 is 27.4 Å². The number of hydrogen-bond donors (Lipinski definition) is 1. The summed E-state index contributed by atoms with van der Waals surface area (Å²) in [6.45, 7) is 5.72. The summed E-state index contributed by atoms with van der Waals surface area (Å²) in [6, 6.07) is 12.5. The quantitative estimate of drug-likeness (QED) is 0.755. The van der Waals surface area contributed by atoms with E-state index in [1.54, 1.807) is 50.2 Å². The Morgan fingerprint density at radius 3 is 2.12 bits per heavy atom. The molecule has 2 aromatic rings. The van der Waals surface area contributed by atoms with Gasteiger partial charge in [0.15, 0.2) is 5.78 Å². The van der Waals surface area contributed by atoms with Crippen LogP contribution in [0.15, 0.2) is 53.4 Å². The average molecular weight is 374 g/mol. The second-order valence-corrected chi connectivity index (χ2v) is 7.64. The lowest BCUT2D eigenvalue weighted by atomic mass is 10.1. The van der Waals surface area contributed by atoms with E-state index in [0.717, 1.165) is 0 Å². The van der Waals surface area contributed by atoms with Crippen molar-refractivity contribution in [3.8, 4) is 0 Å². The summed E-state index contributed by atoms with van der Waals surface area (Å²) in [5, 5.41) is 2.70. The Morgan fingerprint density at radius 2 is 1.58 bits per heavy atom. The van der Waals surface area contributed by atoms with Gasteiger partial charge in [0.25, 0.3) is 5.91 Å². The Hall–Kier alpha value is -2.51. The van der Waals surface area contributed by atoms with Crippen LogP contribution in [0.25, 0.3) is 0 Å². The summed E-state index contributed by atoms with van der Waals surface area (Å²) in [5.41, 5.74) is 1.32. The fourth-order valence-corrected chi connectivity index (χ4v) is 4.01. The molecule has 1 amide bonds. The summed E-state index contributed by atoms with van der Waals surface area (Å²) in [5.74, 6) is -0.477. The van der Waals surface area contributed by atoms with Crippen molar-refractivity contribution in [1.82, 2.24) is 4.31 Å². The number of benzene rings is 2. The monoisotopic (exact) mass is 374 g/mol. The van der Waals surface area contributed by atoms with E-state index in [1.165, 1.54) is 23.4 Å². The zero-order valence-electron chi connectivity index (χ0n) is 15.0. The molecule has 26 heavy (non-hydrogen) atoms. The number of carbonyl (C=O) groups is 2. The summed E-state index contributed by atoms with van der Waals surface area (Å²) in [6.07, 6.45) is 0. The molecule has 0 heterocycles. The lowest BCUT2D eigenvalue weighted by molar-refractivity contribution is 0.101. The van der Waals surface area contributed by atoms with Crippen LogP contribution in [0.5, 0.6) is 0 Å². The van der Waals surface area contributed by atoms with Gasteiger partial charge in [-0.3, -0.25) is 9.59 Å². The van der Waals surface area contributed by atoms with Gasteiger partial charge in [-0.25, -0.2) is 8.42 Å². The van der Waals surface area contributed by atoms with Crippen molar-refractivity contribution in [2.45, 2.75) is 25.7 Å². The van der Waals surface area contributed by atoms with Gasteiger partial charge in [-0.05, 0) is 49.4 Å². The zero-order chi connectivity index (χ0) is 19.3. The van der Waals surface area contributed by atoms with Crippen molar-refractivity contribution in [2.24, 2.45) is 0 Å². The fourth-order valence-electron chi connectivity index (χ4n) is 2.50. The summed E-state index contributed by atoms with van der Waals surface area (Å²) in [4.78, 5) is 23.8. The molecule has 2 rings (SSSR count). The van der Waals surface area contributed by atoms with E-state index in [1.807, 2.05) is 0 Å². The van der Waals surface area contributed by atoms with Crippen LogP contribution in [-0.2, 0) is 10.0 Å². The first kappa shape index (κ1) is 19.8. The van der Waals surface area contributed by atoms with E-state index in [9.17, 15) is 18.0 Å². The molecule has 6 nitrogen and oxygen atoms in total. The third-order valence-electron chi connectivity index (χ3n) is 3.99. The standard InChI is InChI=1S/C19H22N2O4S/c1-4-21(5-2)26(24,25)18-8-6-7-16(13-18)19(23)20-17-11-9-15(10-12-17)14(3)22/h6-13H,4-5H2,1-3H3,(H,20,23). The molecule has 0 saturated heterocycles. The molecule has 0 unspecified atom stereocenters. The van der Waals surface area contributed by atoms with E-state index in [4.69, 9.17) is 0 Å². The SMILES string of the molecule is CCN(CC)S(=O)(=O)c1cccc(C(=O)Nc2ccc(C(C)=O)cc2)c1. The lowest BCUT2D eigenvalue weighted by Crippen LogP contribution is -2.30. The van der Waals surface area contributed by atoms with Gasteiger partial charge in [0, 0.05) is 29.9 Å². The Bertz CT molecular complexity index is 901. The highest BCUT2D eigenvalue weighted by molar-refractivity contribution is 7.89. The molecule has 0 saturated carbocycles. The number of sulfonamides is 1. The molecule has 2 aromatic carbocycles. The predicted octanol–water partition coefficient (Wildman–Crippen LogP) is 3.17. The molecule has 0 fully saturated rings. The van der Waals surface area contributed by atoms with Crippen LogP contribution >= 0.6 is 0 Å². The lowest BCUT2D eigenvalue weighted by Gasteiger charge is -2.18. The van der Waals surface area contributed by atoms with Crippen molar-refractivity contribution in [3.63, 3.8) is 0 Å². The molecule has 0 spiro atoms. The molecule has 7 heteroatoms. The normalized spacial score (nSPS) is 11.4. The first-order chi connectivity index (χ1) is 12.3. The van der Waals surface area contributed by atoms with E-state index in [0.29, 0.717) is 24.3 Å². The Kier molecular flexibility index (Phi) is 6.28. The second kappa shape index (κ2) is 8.25. The third-order valence-corrected chi connectivity index (χ3v) is 6.03.